The molecule has 0 bridgehead atoms. The number of carbonyl (C=O) groups excluding carboxylic acids is 2. The third-order valence-corrected chi connectivity index (χ3v) is 4.61. The van der Waals surface area contributed by atoms with E-state index in [9.17, 15) is 19.5 Å². The topological polar surface area (TPSA) is 87.2 Å². The zero-order valence-corrected chi connectivity index (χ0v) is 13.5. The second kappa shape index (κ2) is 6.51. The number of ether oxygens (including phenoxy) is 1. The van der Waals surface area contributed by atoms with Crippen molar-refractivity contribution in [2.75, 3.05) is 13.1 Å². The van der Waals surface area contributed by atoms with Gasteiger partial charge in [0.1, 0.15) is 12.1 Å². The minimum atomic E-state index is -1.07. The van der Waals surface area contributed by atoms with Crippen LogP contribution >= 0.6 is 0 Å². The largest absolute Gasteiger partial charge is 0.480 e. The van der Waals surface area contributed by atoms with Gasteiger partial charge in [0, 0.05) is 26.4 Å². The van der Waals surface area contributed by atoms with Crippen molar-refractivity contribution in [3.05, 3.63) is 35.4 Å². The summed E-state index contributed by atoms with van der Waals surface area (Å²) in [6.07, 6.45) is -0.137. The first kappa shape index (κ1) is 16.3. The summed E-state index contributed by atoms with van der Waals surface area (Å²) in [4.78, 5) is 38.0. The molecule has 2 atom stereocenters. The normalized spacial score (nSPS) is 22.9. The molecule has 3 rings (SSSR count). The first-order valence-electron chi connectivity index (χ1n) is 7.98. The van der Waals surface area contributed by atoms with Crippen molar-refractivity contribution in [1.82, 2.24) is 9.80 Å². The van der Waals surface area contributed by atoms with Crippen LogP contribution in [-0.2, 0) is 27.3 Å². The molecule has 2 aliphatic heterocycles. The maximum atomic E-state index is 12.4. The van der Waals surface area contributed by atoms with E-state index in [0.717, 1.165) is 12.0 Å². The number of likely N-dealkylation sites (tertiary alicyclic amines) is 1. The van der Waals surface area contributed by atoms with Crippen LogP contribution in [0.15, 0.2) is 24.3 Å². The fraction of sp³-hybridized carbons (Fsp3) is 0.471. The van der Waals surface area contributed by atoms with E-state index >= 15 is 0 Å². The van der Waals surface area contributed by atoms with Gasteiger partial charge in [-0.15, -0.1) is 0 Å². The van der Waals surface area contributed by atoms with Crippen molar-refractivity contribution in [1.29, 1.82) is 0 Å². The van der Waals surface area contributed by atoms with Gasteiger partial charge in [0.15, 0.2) is 0 Å². The summed E-state index contributed by atoms with van der Waals surface area (Å²) < 4.78 is 5.46. The number of aliphatic carboxylic acids is 1. The van der Waals surface area contributed by atoms with Gasteiger partial charge in [-0.3, -0.25) is 4.79 Å². The Kier molecular flexibility index (Phi) is 4.42. The highest BCUT2D eigenvalue weighted by Gasteiger charge is 2.40. The molecular formula is C17H20N2O5. The van der Waals surface area contributed by atoms with Gasteiger partial charge in [-0.05, 0) is 17.5 Å². The summed E-state index contributed by atoms with van der Waals surface area (Å²) in [6, 6.07) is 7.03. The molecule has 1 aromatic carbocycles. The predicted molar refractivity (Wildman–Crippen MR) is 84.3 cm³/mol. The van der Waals surface area contributed by atoms with Gasteiger partial charge in [0.25, 0.3) is 0 Å². The van der Waals surface area contributed by atoms with Gasteiger partial charge in [0.05, 0.1) is 6.54 Å². The number of hydrogen-bond donors (Lipinski definition) is 1. The van der Waals surface area contributed by atoms with Crippen molar-refractivity contribution in [3.8, 4) is 0 Å². The van der Waals surface area contributed by atoms with Crippen molar-refractivity contribution in [2.45, 2.75) is 38.5 Å². The molecule has 2 amide bonds. The highest BCUT2D eigenvalue weighted by Crippen LogP contribution is 2.23. The molecule has 2 heterocycles. The van der Waals surface area contributed by atoms with Crippen molar-refractivity contribution < 1.29 is 24.2 Å². The maximum Gasteiger partial charge on any atom is 0.410 e. The summed E-state index contributed by atoms with van der Waals surface area (Å²) in [5, 5.41) is 9.20. The SMILES string of the molecule is CC(=O)N1C[C@H](OC(=O)N2CCc3ccccc3C2)C[C@H]1C(=O)O. The molecule has 128 valence electrons. The Hall–Kier alpha value is -2.57. The predicted octanol–water partition coefficient (Wildman–Crippen LogP) is 1.26. The second-order valence-electron chi connectivity index (χ2n) is 6.21. The van der Waals surface area contributed by atoms with E-state index in [-0.39, 0.29) is 18.9 Å². The molecule has 0 aliphatic carbocycles. The fourth-order valence-corrected chi connectivity index (χ4v) is 3.33. The first-order valence-corrected chi connectivity index (χ1v) is 7.98. The molecule has 0 radical (unpaired) electrons. The minimum absolute atomic E-state index is 0.127. The number of amides is 2. The molecule has 1 aromatic rings. The Balaban J connectivity index is 1.62. The lowest BCUT2D eigenvalue weighted by Gasteiger charge is -2.29. The number of nitrogens with zero attached hydrogens (tertiary/aromatic N) is 2. The molecule has 7 nitrogen and oxygen atoms in total. The monoisotopic (exact) mass is 332 g/mol. The lowest BCUT2D eigenvalue weighted by atomic mass is 10.0. The zero-order chi connectivity index (χ0) is 17.3. The molecule has 1 saturated heterocycles. The quantitative estimate of drug-likeness (QED) is 0.881. The zero-order valence-electron chi connectivity index (χ0n) is 13.5. The molecule has 1 N–H and O–H groups in total. The van der Waals surface area contributed by atoms with E-state index in [2.05, 4.69) is 6.07 Å². The number of carbonyl (C=O) groups is 3. The third-order valence-electron chi connectivity index (χ3n) is 4.61. The Morgan fingerprint density at radius 3 is 2.54 bits per heavy atom. The van der Waals surface area contributed by atoms with Crippen molar-refractivity contribution in [2.24, 2.45) is 0 Å². The highest BCUT2D eigenvalue weighted by atomic mass is 16.6. The minimum Gasteiger partial charge on any atom is -0.480 e. The highest BCUT2D eigenvalue weighted by molar-refractivity contribution is 5.83. The first-order chi connectivity index (χ1) is 11.5. The average molecular weight is 332 g/mol. The number of fused-ring (bicyclic) bond motifs is 1. The number of carboxylic acid groups (broad SMARTS) is 1. The van der Waals surface area contributed by atoms with Crippen LogP contribution in [0.4, 0.5) is 4.79 Å². The molecule has 24 heavy (non-hydrogen) atoms. The van der Waals surface area contributed by atoms with E-state index in [1.54, 1.807) is 4.90 Å². The van der Waals surface area contributed by atoms with E-state index < -0.39 is 24.2 Å². The van der Waals surface area contributed by atoms with Gasteiger partial charge >= 0.3 is 12.1 Å². The molecule has 2 aliphatic rings. The van der Waals surface area contributed by atoms with Gasteiger partial charge in [0.2, 0.25) is 5.91 Å². The number of carboxylic acids is 1. The second-order valence-corrected chi connectivity index (χ2v) is 6.21. The van der Waals surface area contributed by atoms with Gasteiger partial charge in [-0.2, -0.15) is 0 Å². The molecule has 0 saturated carbocycles. The van der Waals surface area contributed by atoms with Crippen LogP contribution in [0, 0.1) is 0 Å². The molecular weight excluding hydrogens is 312 g/mol. The third kappa shape index (κ3) is 3.20. The summed E-state index contributed by atoms with van der Waals surface area (Å²) in [7, 11) is 0. The fourth-order valence-electron chi connectivity index (χ4n) is 3.33. The van der Waals surface area contributed by atoms with Crippen LogP contribution < -0.4 is 0 Å². The maximum absolute atomic E-state index is 12.4. The Morgan fingerprint density at radius 2 is 1.92 bits per heavy atom. The molecule has 7 heteroatoms. The smallest absolute Gasteiger partial charge is 0.410 e. The van der Waals surface area contributed by atoms with E-state index in [4.69, 9.17) is 4.74 Å². The number of hydrogen-bond acceptors (Lipinski definition) is 4. The number of benzene rings is 1. The average Bonchev–Trinajstić information content (AvgIpc) is 2.99. The summed E-state index contributed by atoms with van der Waals surface area (Å²) in [6.45, 7) is 2.51. The summed E-state index contributed by atoms with van der Waals surface area (Å²) >= 11 is 0. The van der Waals surface area contributed by atoms with Crippen LogP contribution in [0.2, 0.25) is 0 Å². The molecule has 0 spiro atoms. The van der Waals surface area contributed by atoms with E-state index in [0.29, 0.717) is 13.1 Å². The van der Waals surface area contributed by atoms with Crippen LogP contribution in [0.5, 0.6) is 0 Å². The molecule has 1 fully saturated rings. The molecule has 0 aromatic heterocycles. The van der Waals surface area contributed by atoms with Crippen LogP contribution in [0.1, 0.15) is 24.5 Å². The Labute approximate surface area is 139 Å². The molecule has 0 unspecified atom stereocenters. The van der Waals surface area contributed by atoms with Crippen LogP contribution in [0.25, 0.3) is 0 Å². The van der Waals surface area contributed by atoms with Gasteiger partial charge in [-0.25, -0.2) is 9.59 Å². The van der Waals surface area contributed by atoms with Crippen LogP contribution in [0.3, 0.4) is 0 Å². The standard InChI is InChI=1S/C17H20N2O5/c1-11(20)19-10-14(8-15(19)16(21)22)24-17(23)18-7-6-12-4-2-3-5-13(12)9-18/h2-5,14-15H,6-10H2,1H3,(H,21,22)/t14-,15+/m1/s1. The van der Waals surface area contributed by atoms with Crippen LogP contribution in [-0.4, -0.2) is 58.1 Å². The Morgan fingerprint density at radius 1 is 1.21 bits per heavy atom. The summed E-state index contributed by atoms with van der Waals surface area (Å²) in [5.74, 6) is -1.40. The van der Waals surface area contributed by atoms with E-state index in [1.807, 2.05) is 18.2 Å². The van der Waals surface area contributed by atoms with Crippen molar-refractivity contribution >= 4 is 18.0 Å². The van der Waals surface area contributed by atoms with Gasteiger partial charge < -0.3 is 19.6 Å². The Bertz CT molecular complexity index is 653. The van der Waals surface area contributed by atoms with Gasteiger partial charge in [-0.1, -0.05) is 24.3 Å². The van der Waals surface area contributed by atoms with Crippen molar-refractivity contribution in [3.63, 3.8) is 0 Å². The number of rotatable bonds is 2. The van der Waals surface area contributed by atoms with E-state index in [1.165, 1.54) is 17.4 Å². The summed E-state index contributed by atoms with van der Waals surface area (Å²) in [5.41, 5.74) is 2.33. The lowest BCUT2D eigenvalue weighted by molar-refractivity contribution is -0.147. The lowest BCUT2D eigenvalue weighted by Crippen LogP contribution is -2.40.